The van der Waals surface area contributed by atoms with Crippen LogP contribution in [0.5, 0.6) is 5.75 Å². The monoisotopic (exact) mass is 385 g/mol. The quantitative estimate of drug-likeness (QED) is 0.878. The van der Waals surface area contributed by atoms with Gasteiger partial charge in [0.2, 0.25) is 0 Å². The van der Waals surface area contributed by atoms with Gasteiger partial charge in [-0.1, -0.05) is 11.6 Å². The Morgan fingerprint density at radius 1 is 1.30 bits per heavy atom. The first-order valence-corrected chi connectivity index (χ1v) is 9.30. The Kier molecular flexibility index (Phi) is 4.74. The summed E-state index contributed by atoms with van der Waals surface area (Å²) < 4.78 is 5.33. The third-order valence-electron chi connectivity index (χ3n) is 5.37. The van der Waals surface area contributed by atoms with E-state index in [0.29, 0.717) is 34.4 Å². The summed E-state index contributed by atoms with van der Waals surface area (Å²) in [6.45, 7) is 0.693. The molecular weight excluding hydrogens is 366 g/mol. The second kappa shape index (κ2) is 7.19. The number of carbonyl (C=O) groups is 2. The average molecular weight is 386 g/mol. The van der Waals surface area contributed by atoms with Gasteiger partial charge in [-0.25, -0.2) is 0 Å². The number of halogens is 1. The normalized spacial score (nSPS) is 23.3. The van der Waals surface area contributed by atoms with Crippen LogP contribution in [-0.4, -0.2) is 47.4 Å². The standard InChI is InChI=1S/C20H20ClN3O3/c1-27-18-5-4-14(21)9-15(18)20(26)24-11-12-7-16(17(24)8-12)23-19(25)13-3-2-6-22-10-13/h2-6,9-10,12,16-17H,7-8,11H2,1H3,(H,23,25). The maximum atomic E-state index is 13.1. The molecule has 1 saturated carbocycles. The van der Waals surface area contributed by atoms with Gasteiger partial charge in [0, 0.05) is 30.0 Å². The molecule has 2 aliphatic rings. The smallest absolute Gasteiger partial charge is 0.258 e. The lowest BCUT2D eigenvalue weighted by molar-refractivity contribution is 0.0645. The number of benzene rings is 1. The molecule has 4 rings (SSSR count). The number of carbonyl (C=O) groups excluding carboxylic acids is 2. The molecule has 1 aromatic carbocycles. The van der Waals surface area contributed by atoms with Crippen molar-refractivity contribution in [2.24, 2.45) is 5.92 Å². The van der Waals surface area contributed by atoms with Crippen LogP contribution in [0.15, 0.2) is 42.7 Å². The summed E-state index contributed by atoms with van der Waals surface area (Å²) in [7, 11) is 1.53. The van der Waals surface area contributed by atoms with E-state index in [1.807, 2.05) is 4.90 Å². The van der Waals surface area contributed by atoms with Crippen molar-refractivity contribution in [2.75, 3.05) is 13.7 Å². The van der Waals surface area contributed by atoms with Gasteiger partial charge in [-0.2, -0.15) is 0 Å². The zero-order valence-electron chi connectivity index (χ0n) is 14.9. The molecule has 1 aromatic heterocycles. The fourth-order valence-corrected chi connectivity index (χ4v) is 4.34. The van der Waals surface area contributed by atoms with Gasteiger partial charge < -0.3 is 15.0 Å². The van der Waals surface area contributed by atoms with Crippen LogP contribution in [0.3, 0.4) is 0 Å². The Hall–Kier alpha value is -2.60. The minimum absolute atomic E-state index is 0.0215. The number of piperidine rings is 1. The van der Waals surface area contributed by atoms with Crippen molar-refractivity contribution >= 4 is 23.4 Å². The van der Waals surface area contributed by atoms with Crippen molar-refractivity contribution in [1.82, 2.24) is 15.2 Å². The molecule has 3 atom stereocenters. The number of amides is 2. The van der Waals surface area contributed by atoms with Crippen molar-refractivity contribution < 1.29 is 14.3 Å². The summed E-state index contributed by atoms with van der Waals surface area (Å²) in [5.74, 6) is 0.627. The van der Waals surface area contributed by atoms with E-state index in [0.717, 1.165) is 12.8 Å². The molecular formula is C20H20ClN3O3. The summed E-state index contributed by atoms with van der Waals surface area (Å²) >= 11 is 6.08. The maximum Gasteiger partial charge on any atom is 0.258 e. The minimum atomic E-state index is -0.159. The molecule has 7 heteroatoms. The Bertz CT molecular complexity index is 874. The van der Waals surface area contributed by atoms with Gasteiger partial charge in [-0.3, -0.25) is 14.6 Å². The number of hydrogen-bond acceptors (Lipinski definition) is 4. The number of nitrogens with zero attached hydrogens (tertiary/aromatic N) is 2. The van der Waals surface area contributed by atoms with Crippen molar-refractivity contribution in [1.29, 1.82) is 0 Å². The van der Waals surface area contributed by atoms with Gasteiger partial charge in [-0.15, -0.1) is 0 Å². The van der Waals surface area contributed by atoms with Crippen LogP contribution in [0.4, 0.5) is 0 Å². The van der Waals surface area contributed by atoms with E-state index >= 15 is 0 Å². The third kappa shape index (κ3) is 3.37. The van der Waals surface area contributed by atoms with Crippen LogP contribution >= 0.6 is 11.6 Å². The predicted molar refractivity (Wildman–Crippen MR) is 101 cm³/mol. The highest BCUT2D eigenvalue weighted by molar-refractivity contribution is 6.31. The molecule has 2 amide bonds. The second-order valence-electron chi connectivity index (χ2n) is 7.03. The topological polar surface area (TPSA) is 71.5 Å². The first kappa shape index (κ1) is 17.8. The number of aromatic nitrogens is 1. The minimum Gasteiger partial charge on any atom is -0.496 e. The second-order valence-corrected chi connectivity index (χ2v) is 7.46. The van der Waals surface area contributed by atoms with Crippen LogP contribution in [-0.2, 0) is 0 Å². The summed E-state index contributed by atoms with van der Waals surface area (Å²) in [6.07, 6.45) is 4.95. The van der Waals surface area contributed by atoms with Crippen LogP contribution in [0.25, 0.3) is 0 Å². The zero-order valence-corrected chi connectivity index (χ0v) is 15.6. The molecule has 6 nitrogen and oxygen atoms in total. The molecule has 1 N–H and O–H groups in total. The van der Waals surface area contributed by atoms with Gasteiger partial charge in [0.1, 0.15) is 5.75 Å². The van der Waals surface area contributed by atoms with Crippen LogP contribution < -0.4 is 10.1 Å². The van der Waals surface area contributed by atoms with Gasteiger partial charge in [0.05, 0.1) is 24.3 Å². The molecule has 1 saturated heterocycles. The number of rotatable bonds is 4. The first-order valence-electron chi connectivity index (χ1n) is 8.92. The fourth-order valence-electron chi connectivity index (χ4n) is 4.16. The largest absolute Gasteiger partial charge is 0.496 e. The van der Waals surface area contributed by atoms with E-state index < -0.39 is 0 Å². The highest BCUT2D eigenvalue weighted by atomic mass is 35.5. The van der Waals surface area contributed by atoms with E-state index in [1.54, 1.807) is 42.7 Å². The molecule has 1 aliphatic heterocycles. The molecule has 3 unspecified atom stereocenters. The van der Waals surface area contributed by atoms with Crippen LogP contribution in [0, 0.1) is 5.92 Å². The Labute approximate surface area is 162 Å². The third-order valence-corrected chi connectivity index (χ3v) is 5.61. The van der Waals surface area contributed by atoms with Gasteiger partial charge in [0.25, 0.3) is 11.8 Å². The zero-order chi connectivity index (χ0) is 19.0. The summed E-state index contributed by atoms with van der Waals surface area (Å²) in [5, 5.41) is 3.56. The lowest BCUT2D eigenvalue weighted by atomic mass is 10.0. The number of likely N-dealkylation sites (tertiary alicyclic amines) is 1. The van der Waals surface area contributed by atoms with Gasteiger partial charge in [-0.05, 0) is 49.1 Å². The lowest BCUT2D eigenvalue weighted by Gasteiger charge is -2.34. The van der Waals surface area contributed by atoms with E-state index in [4.69, 9.17) is 16.3 Å². The maximum absolute atomic E-state index is 13.1. The number of fused-ring (bicyclic) bond motifs is 2. The number of hydrogen-bond donors (Lipinski definition) is 1. The summed E-state index contributed by atoms with van der Waals surface area (Å²) in [5.41, 5.74) is 0.976. The Morgan fingerprint density at radius 2 is 2.15 bits per heavy atom. The highest BCUT2D eigenvalue weighted by Gasteiger charge is 2.47. The number of ether oxygens (including phenoxy) is 1. The van der Waals surface area contributed by atoms with Gasteiger partial charge in [0.15, 0.2) is 0 Å². The molecule has 2 bridgehead atoms. The molecule has 2 heterocycles. The van der Waals surface area contributed by atoms with E-state index in [-0.39, 0.29) is 23.9 Å². The fraction of sp³-hybridized carbons (Fsp3) is 0.350. The van der Waals surface area contributed by atoms with E-state index in [2.05, 4.69) is 10.3 Å². The number of methoxy groups -OCH3 is 1. The lowest BCUT2D eigenvalue weighted by Crippen LogP contribution is -2.52. The molecule has 0 radical (unpaired) electrons. The number of nitrogens with one attached hydrogen (secondary N) is 1. The highest BCUT2D eigenvalue weighted by Crippen LogP contribution is 2.39. The van der Waals surface area contributed by atoms with E-state index in [1.165, 1.54) is 7.11 Å². The van der Waals surface area contributed by atoms with Crippen LogP contribution in [0.1, 0.15) is 33.6 Å². The molecule has 1 aliphatic carbocycles. The van der Waals surface area contributed by atoms with E-state index in [9.17, 15) is 9.59 Å². The first-order chi connectivity index (χ1) is 13.1. The van der Waals surface area contributed by atoms with Gasteiger partial charge >= 0.3 is 0 Å². The SMILES string of the molecule is COc1ccc(Cl)cc1C(=O)N1CC2CC(NC(=O)c3cccnc3)C1C2. The molecule has 27 heavy (non-hydrogen) atoms. The van der Waals surface area contributed by atoms with Crippen LogP contribution in [0.2, 0.25) is 5.02 Å². The predicted octanol–water partition coefficient (Wildman–Crippen LogP) is 2.78. The average Bonchev–Trinajstić information content (AvgIpc) is 3.28. The van der Waals surface area contributed by atoms with Crippen molar-refractivity contribution in [3.63, 3.8) is 0 Å². The van der Waals surface area contributed by atoms with Crippen molar-refractivity contribution in [3.8, 4) is 5.75 Å². The molecule has 0 spiro atoms. The van der Waals surface area contributed by atoms with Crippen molar-refractivity contribution in [3.05, 3.63) is 58.9 Å². The molecule has 140 valence electrons. The van der Waals surface area contributed by atoms with Crippen molar-refractivity contribution in [2.45, 2.75) is 24.9 Å². The number of pyridine rings is 1. The Morgan fingerprint density at radius 3 is 2.85 bits per heavy atom. The summed E-state index contributed by atoms with van der Waals surface area (Å²) in [4.78, 5) is 31.4. The summed E-state index contributed by atoms with van der Waals surface area (Å²) in [6, 6.07) is 8.41. The molecule has 2 aromatic rings. The molecule has 2 fully saturated rings. The Balaban J connectivity index is 1.52.